The molecular formula is C30H32F3N3O3. The van der Waals surface area contributed by atoms with Crippen LogP contribution in [-0.4, -0.2) is 29.1 Å². The lowest BCUT2D eigenvalue weighted by Crippen LogP contribution is -2.51. The number of aromatic nitrogens is 1. The molecule has 0 saturated carbocycles. The molecule has 0 unspecified atom stereocenters. The van der Waals surface area contributed by atoms with Crippen LogP contribution in [0.1, 0.15) is 62.3 Å². The topological polar surface area (TPSA) is 84.2 Å². The molecule has 3 aromatic rings. The zero-order valence-corrected chi connectivity index (χ0v) is 22.4. The largest absolute Gasteiger partial charge is 0.494 e. The van der Waals surface area contributed by atoms with Gasteiger partial charge in [-0.2, -0.15) is 18.4 Å². The van der Waals surface area contributed by atoms with Crippen molar-refractivity contribution >= 4 is 5.91 Å². The first-order valence-corrected chi connectivity index (χ1v) is 12.7. The molecule has 6 nitrogen and oxygen atoms in total. The predicted octanol–water partition coefficient (Wildman–Crippen LogP) is 6.45. The van der Waals surface area contributed by atoms with Gasteiger partial charge in [0.15, 0.2) is 5.60 Å². The molecule has 1 aromatic heterocycles. The van der Waals surface area contributed by atoms with E-state index >= 15 is 0 Å². The van der Waals surface area contributed by atoms with Gasteiger partial charge in [-0.1, -0.05) is 31.2 Å². The van der Waals surface area contributed by atoms with Gasteiger partial charge in [-0.25, -0.2) is 4.98 Å². The van der Waals surface area contributed by atoms with E-state index in [1.54, 1.807) is 18.2 Å². The Balaban J connectivity index is 1.80. The number of halogens is 3. The Morgan fingerprint density at radius 3 is 2.46 bits per heavy atom. The van der Waals surface area contributed by atoms with Crippen molar-refractivity contribution in [3.8, 4) is 17.7 Å². The number of ether oxygens (including phenoxy) is 2. The molecule has 0 aliphatic carbocycles. The van der Waals surface area contributed by atoms with Crippen LogP contribution in [0.15, 0.2) is 66.9 Å². The minimum Gasteiger partial charge on any atom is -0.494 e. The van der Waals surface area contributed by atoms with Crippen molar-refractivity contribution < 1.29 is 27.4 Å². The number of nitrogens with zero attached hydrogens (tertiary/aromatic N) is 2. The van der Waals surface area contributed by atoms with E-state index in [1.165, 1.54) is 13.8 Å². The summed E-state index contributed by atoms with van der Waals surface area (Å²) in [5, 5.41) is 12.4. The molecule has 0 bridgehead atoms. The van der Waals surface area contributed by atoms with Crippen LogP contribution in [0.5, 0.6) is 11.6 Å². The molecule has 2 aromatic carbocycles. The fraction of sp³-hybridized carbons (Fsp3) is 0.367. The average Bonchev–Trinajstić information content (AvgIpc) is 2.90. The third kappa shape index (κ3) is 8.21. The fourth-order valence-corrected chi connectivity index (χ4v) is 4.05. The highest BCUT2D eigenvalue weighted by atomic mass is 19.4. The molecule has 0 saturated heterocycles. The number of rotatable bonds is 11. The van der Waals surface area contributed by atoms with Crippen molar-refractivity contribution in [1.29, 1.82) is 5.26 Å². The summed E-state index contributed by atoms with van der Waals surface area (Å²) in [6.45, 7) is 7.44. The second kappa shape index (κ2) is 12.7. The maximum Gasteiger partial charge on any atom is 0.416 e. The van der Waals surface area contributed by atoms with Gasteiger partial charge in [-0.05, 0) is 75.1 Å². The highest BCUT2D eigenvalue weighted by molar-refractivity contribution is 5.85. The summed E-state index contributed by atoms with van der Waals surface area (Å²) in [6.07, 6.45) is -2.11. The average molecular weight is 540 g/mol. The summed E-state index contributed by atoms with van der Waals surface area (Å²) in [7, 11) is 0. The minimum atomic E-state index is -4.56. The van der Waals surface area contributed by atoms with Gasteiger partial charge >= 0.3 is 6.18 Å². The van der Waals surface area contributed by atoms with E-state index in [-0.39, 0.29) is 11.8 Å². The number of benzene rings is 2. The summed E-state index contributed by atoms with van der Waals surface area (Å²) in [5.41, 5.74) is -0.0512. The maximum atomic E-state index is 13.3. The second-order valence-electron chi connectivity index (χ2n) is 9.80. The number of amides is 1. The molecule has 206 valence electrons. The van der Waals surface area contributed by atoms with Crippen molar-refractivity contribution in [2.24, 2.45) is 0 Å². The summed E-state index contributed by atoms with van der Waals surface area (Å²) in [5.74, 6) is -0.264. The number of nitrogens with one attached hydrogen (secondary N) is 1. The Bertz CT molecular complexity index is 1300. The zero-order valence-electron chi connectivity index (χ0n) is 22.4. The first kappa shape index (κ1) is 29.5. The molecule has 39 heavy (non-hydrogen) atoms. The SMILES string of the molecule is CCCOc1ccc(C[C@@H](c2cccc(C#N)c2)[C@H](C)NC(=O)C(C)(C)Oc2cc(C(F)(F)F)ccn2)cc1. The Hall–Kier alpha value is -4.06. The molecule has 9 heteroatoms. The highest BCUT2D eigenvalue weighted by Gasteiger charge is 2.35. The van der Waals surface area contributed by atoms with Gasteiger partial charge in [-0.15, -0.1) is 0 Å². The number of alkyl halides is 3. The molecule has 3 rings (SSSR count). The molecule has 1 N–H and O–H groups in total. The minimum absolute atomic E-state index is 0.216. The summed E-state index contributed by atoms with van der Waals surface area (Å²) < 4.78 is 50.6. The number of hydrogen-bond acceptors (Lipinski definition) is 5. The van der Waals surface area contributed by atoms with Gasteiger partial charge in [-0.3, -0.25) is 4.79 Å². The monoisotopic (exact) mass is 539 g/mol. The Morgan fingerprint density at radius 1 is 1.10 bits per heavy atom. The number of nitriles is 1. The van der Waals surface area contributed by atoms with Crippen molar-refractivity contribution in [3.63, 3.8) is 0 Å². The van der Waals surface area contributed by atoms with E-state index < -0.39 is 29.3 Å². The number of pyridine rings is 1. The Morgan fingerprint density at radius 2 is 1.82 bits per heavy atom. The van der Waals surface area contributed by atoms with Crippen molar-refractivity contribution in [2.75, 3.05) is 6.61 Å². The first-order valence-electron chi connectivity index (χ1n) is 12.7. The van der Waals surface area contributed by atoms with Gasteiger partial charge in [0.2, 0.25) is 5.88 Å². The quantitative estimate of drug-likeness (QED) is 0.303. The lowest BCUT2D eigenvalue weighted by Gasteiger charge is -2.31. The van der Waals surface area contributed by atoms with Crippen LogP contribution < -0.4 is 14.8 Å². The van der Waals surface area contributed by atoms with Crippen molar-refractivity contribution in [2.45, 2.75) is 64.3 Å². The zero-order chi connectivity index (χ0) is 28.6. The second-order valence-corrected chi connectivity index (χ2v) is 9.80. The molecule has 0 aliphatic rings. The van der Waals surface area contributed by atoms with Crippen LogP contribution in [0, 0.1) is 11.3 Å². The lowest BCUT2D eigenvalue weighted by atomic mass is 9.85. The van der Waals surface area contributed by atoms with Crippen LogP contribution in [0.25, 0.3) is 0 Å². The molecule has 0 spiro atoms. The van der Waals surface area contributed by atoms with E-state index in [9.17, 15) is 23.2 Å². The molecule has 1 heterocycles. The van der Waals surface area contributed by atoms with E-state index in [1.807, 2.05) is 44.2 Å². The number of carbonyl (C=O) groups excluding carboxylic acids is 1. The van der Waals surface area contributed by atoms with E-state index in [0.29, 0.717) is 18.6 Å². The summed E-state index contributed by atoms with van der Waals surface area (Å²) >= 11 is 0. The molecule has 1 amide bonds. The fourth-order valence-electron chi connectivity index (χ4n) is 4.05. The van der Waals surface area contributed by atoms with Crippen LogP contribution in [0.3, 0.4) is 0 Å². The number of hydrogen-bond donors (Lipinski definition) is 1. The van der Waals surface area contributed by atoms with Crippen LogP contribution in [0.4, 0.5) is 13.2 Å². The Kier molecular flexibility index (Phi) is 9.57. The smallest absolute Gasteiger partial charge is 0.416 e. The highest BCUT2D eigenvalue weighted by Crippen LogP contribution is 2.32. The normalized spacial score (nSPS) is 13.2. The van der Waals surface area contributed by atoms with Gasteiger partial charge in [0.25, 0.3) is 5.91 Å². The van der Waals surface area contributed by atoms with E-state index in [2.05, 4.69) is 16.4 Å². The standard InChI is InChI=1S/C30H32F3N3O3/c1-5-15-38-25-11-9-21(10-12-25)17-26(23-8-6-7-22(16-23)19-34)20(2)36-28(37)29(3,4)39-27-18-24(13-14-35-27)30(31,32)33/h6-14,16,18,20,26H,5,15,17H2,1-4H3,(H,36,37)/t20-,26+/m0/s1. The third-order valence-electron chi connectivity index (χ3n) is 6.23. The predicted molar refractivity (Wildman–Crippen MR) is 141 cm³/mol. The number of carbonyl (C=O) groups is 1. The van der Waals surface area contributed by atoms with Gasteiger partial charge in [0.05, 0.1) is 23.8 Å². The third-order valence-corrected chi connectivity index (χ3v) is 6.23. The summed E-state index contributed by atoms with van der Waals surface area (Å²) in [4.78, 5) is 17.1. The van der Waals surface area contributed by atoms with Crippen LogP contribution in [-0.2, 0) is 17.4 Å². The first-order chi connectivity index (χ1) is 18.4. The van der Waals surface area contributed by atoms with Crippen LogP contribution in [0.2, 0.25) is 0 Å². The van der Waals surface area contributed by atoms with Gasteiger partial charge < -0.3 is 14.8 Å². The van der Waals surface area contributed by atoms with E-state index in [4.69, 9.17) is 9.47 Å². The molecule has 0 fully saturated rings. The molecule has 0 radical (unpaired) electrons. The molecule has 0 aliphatic heterocycles. The molecule has 2 atom stereocenters. The lowest BCUT2D eigenvalue weighted by molar-refractivity contribution is -0.138. The van der Waals surface area contributed by atoms with Crippen LogP contribution >= 0.6 is 0 Å². The summed E-state index contributed by atoms with van der Waals surface area (Å²) in [6, 6.07) is 18.3. The molecular weight excluding hydrogens is 507 g/mol. The van der Waals surface area contributed by atoms with Crippen molar-refractivity contribution in [3.05, 3.63) is 89.1 Å². The van der Waals surface area contributed by atoms with Gasteiger partial charge in [0.1, 0.15) is 5.75 Å². The van der Waals surface area contributed by atoms with E-state index in [0.717, 1.165) is 41.6 Å². The maximum absolute atomic E-state index is 13.3. The van der Waals surface area contributed by atoms with Crippen molar-refractivity contribution in [1.82, 2.24) is 10.3 Å². The van der Waals surface area contributed by atoms with Gasteiger partial charge in [0, 0.05) is 24.2 Å². The Labute approximate surface area is 226 Å².